The molecule has 1 saturated carbocycles. The fraction of sp³-hybridized carbons (Fsp3) is 0.455. The van der Waals surface area contributed by atoms with Crippen molar-refractivity contribution in [2.75, 3.05) is 12.4 Å². The monoisotopic (exact) mass is 248 g/mol. The first kappa shape index (κ1) is 12.5. The normalized spacial score (nSPS) is 14.1. The quantitative estimate of drug-likeness (QED) is 0.810. The van der Waals surface area contributed by atoms with Gasteiger partial charge in [-0.05, 0) is 24.8 Å². The zero-order valence-electron chi connectivity index (χ0n) is 8.54. The summed E-state index contributed by atoms with van der Waals surface area (Å²) in [5.74, 6) is 1.52. The van der Waals surface area contributed by atoms with Gasteiger partial charge in [0.05, 0.1) is 12.4 Å². The number of methoxy groups -OCH3 is 1. The minimum Gasteiger partial charge on any atom is -0.504 e. The fourth-order valence-corrected chi connectivity index (χ4v) is 1.48. The summed E-state index contributed by atoms with van der Waals surface area (Å²) in [6, 6.07) is 5.55. The number of phenolic OH excluding ortho intramolecular Hbond substituents is 1. The van der Waals surface area contributed by atoms with E-state index in [1.165, 1.54) is 12.8 Å². The van der Waals surface area contributed by atoms with Crippen molar-refractivity contribution in [2.45, 2.75) is 18.8 Å². The van der Waals surface area contributed by atoms with E-state index in [1.54, 1.807) is 13.2 Å². The number of hydrogen-bond donors (Lipinski definition) is 1. The molecule has 0 amide bonds. The van der Waals surface area contributed by atoms with Crippen LogP contribution in [0, 0.1) is 0 Å². The van der Waals surface area contributed by atoms with E-state index in [0.29, 0.717) is 11.7 Å². The summed E-state index contributed by atoms with van der Waals surface area (Å²) in [4.78, 5) is 0. The van der Waals surface area contributed by atoms with Gasteiger partial charge in [-0.15, -0.1) is 23.2 Å². The molecule has 0 heterocycles. The Morgan fingerprint density at radius 3 is 2.47 bits per heavy atom. The molecule has 4 heteroatoms. The third-order valence-corrected chi connectivity index (χ3v) is 2.25. The van der Waals surface area contributed by atoms with Gasteiger partial charge in [0.15, 0.2) is 11.5 Å². The van der Waals surface area contributed by atoms with Crippen molar-refractivity contribution < 1.29 is 9.84 Å². The van der Waals surface area contributed by atoms with Gasteiger partial charge in [0.2, 0.25) is 0 Å². The van der Waals surface area contributed by atoms with Crippen LogP contribution in [0.25, 0.3) is 0 Å². The average molecular weight is 249 g/mol. The molecule has 1 aliphatic carbocycles. The third kappa shape index (κ3) is 3.47. The van der Waals surface area contributed by atoms with Crippen LogP contribution in [-0.2, 0) is 0 Å². The maximum absolute atomic E-state index is 9.44. The molecular weight excluding hydrogens is 235 g/mol. The van der Waals surface area contributed by atoms with E-state index in [2.05, 4.69) is 0 Å². The Morgan fingerprint density at radius 1 is 1.40 bits per heavy atom. The second-order valence-corrected chi connectivity index (χ2v) is 4.08. The SMILES string of the molecule is COc1c(O)cccc1C1CC1.ClCCl. The van der Waals surface area contributed by atoms with Gasteiger partial charge in [-0.1, -0.05) is 12.1 Å². The largest absolute Gasteiger partial charge is 0.504 e. The molecule has 0 aromatic heterocycles. The van der Waals surface area contributed by atoms with Crippen LogP contribution in [0.1, 0.15) is 24.3 Å². The molecule has 0 unspecified atom stereocenters. The van der Waals surface area contributed by atoms with Crippen molar-refractivity contribution in [3.63, 3.8) is 0 Å². The topological polar surface area (TPSA) is 29.5 Å². The first-order valence-electron chi connectivity index (χ1n) is 4.72. The molecule has 0 spiro atoms. The number of hydrogen-bond acceptors (Lipinski definition) is 2. The zero-order chi connectivity index (χ0) is 11.3. The van der Waals surface area contributed by atoms with Gasteiger partial charge >= 0.3 is 0 Å². The van der Waals surface area contributed by atoms with Crippen LogP contribution in [0.4, 0.5) is 0 Å². The summed E-state index contributed by atoms with van der Waals surface area (Å²) in [6.45, 7) is 0. The second-order valence-electron chi connectivity index (χ2n) is 3.27. The molecule has 1 N–H and O–H groups in total. The minimum atomic E-state index is 0.194. The molecule has 0 saturated heterocycles. The number of alkyl halides is 2. The predicted octanol–water partition coefficient (Wildman–Crippen LogP) is 3.70. The number of aromatic hydroxyl groups is 1. The van der Waals surface area contributed by atoms with Crippen molar-refractivity contribution in [2.24, 2.45) is 0 Å². The highest BCUT2D eigenvalue weighted by Crippen LogP contribution is 2.46. The van der Waals surface area contributed by atoms with Crippen LogP contribution >= 0.6 is 23.2 Å². The lowest BCUT2D eigenvalue weighted by Gasteiger charge is -2.08. The lowest BCUT2D eigenvalue weighted by atomic mass is 10.1. The molecule has 1 aliphatic rings. The van der Waals surface area contributed by atoms with Gasteiger partial charge in [0.25, 0.3) is 0 Å². The maximum Gasteiger partial charge on any atom is 0.163 e. The molecule has 0 atom stereocenters. The molecule has 1 fully saturated rings. The highest BCUT2D eigenvalue weighted by atomic mass is 35.5. The molecule has 0 bridgehead atoms. The molecule has 2 nitrogen and oxygen atoms in total. The van der Waals surface area contributed by atoms with E-state index in [-0.39, 0.29) is 11.1 Å². The lowest BCUT2D eigenvalue weighted by Crippen LogP contribution is -1.89. The highest BCUT2D eigenvalue weighted by molar-refractivity contribution is 6.40. The zero-order valence-corrected chi connectivity index (χ0v) is 10.1. The molecule has 1 aromatic rings. The smallest absolute Gasteiger partial charge is 0.163 e. The molecule has 15 heavy (non-hydrogen) atoms. The minimum absolute atomic E-state index is 0.194. The third-order valence-electron chi connectivity index (χ3n) is 2.25. The van der Waals surface area contributed by atoms with E-state index in [1.807, 2.05) is 12.1 Å². The Hall–Kier alpha value is -0.600. The number of halogens is 2. The Balaban J connectivity index is 0.000000337. The number of para-hydroxylation sites is 1. The molecule has 84 valence electrons. The molecule has 0 aliphatic heterocycles. The van der Waals surface area contributed by atoms with Crippen molar-refractivity contribution in [1.82, 2.24) is 0 Å². The van der Waals surface area contributed by atoms with Crippen LogP contribution in [0.5, 0.6) is 11.5 Å². The van der Waals surface area contributed by atoms with E-state index in [0.717, 1.165) is 5.56 Å². The standard InChI is InChI=1S/C10H12O2.CH2Cl2/c1-12-10-8(7-5-6-7)3-2-4-9(10)11;2-1-3/h2-4,7,11H,5-6H2,1H3;1H2. The summed E-state index contributed by atoms with van der Waals surface area (Å²) in [6.07, 6.45) is 2.44. The number of phenols is 1. The van der Waals surface area contributed by atoms with Crippen LogP contribution < -0.4 is 4.74 Å². The first-order chi connectivity index (χ1) is 7.24. The maximum atomic E-state index is 9.44. The van der Waals surface area contributed by atoms with Crippen molar-refractivity contribution in [3.8, 4) is 11.5 Å². The molecular formula is C11H14Cl2O2. The summed E-state index contributed by atoms with van der Waals surface area (Å²) < 4.78 is 5.13. The molecule has 0 radical (unpaired) electrons. The van der Waals surface area contributed by atoms with Gasteiger partial charge in [-0.25, -0.2) is 0 Å². The van der Waals surface area contributed by atoms with Gasteiger partial charge in [-0.3, -0.25) is 0 Å². The average Bonchev–Trinajstić information content (AvgIpc) is 3.02. The van der Waals surface area contributed by atoms with Gasteiger partial charge < -0.3 is 9.84 Å². The Labute approximate surface area is 99.8 Å². The van der Waals surface area contributed by atoms with Crippen molar-refractivity contribution in [3.05, 3.63) is 23.8 Å². The van der Waals surface area contributed by atoms with E-state index >= 15 is 0 Å². The Bertz CT molecular complexity index is 311. The Kier molecular flexibility index (Phi) is 5.06. The summed E-state index contributed by atoms with van der Waals surface area (Å²) >= 11 is 9.53. The predicted molar refractivity (Wildman–Crippen MR) is 63.2 cm³/mol. The van der Waals surface area contributed by atoms with Gasteiger partial charge in [-0.2, -0.15) is 0 Å². The summed E-state index contributed by atoms with van der Waals surface area (Å²) in [5, 5.41) is 9.64. The van der Waals surface area contributed by atoms with Gasteiger partial charge in [0.1, 0.15) is 0 Å². The Morgan fingerprint density at radius 2 is 2.00 bits per heavy atom. The lowest BCUT2D eigenvalue weighted by molar-refractivity contribution is 0.369. The fourth-order valence-electron chi connectivity index (χ4n) is 1.48. The molecule has 2 rings (SSSR count). The van der Waals surface area contributed by atoms with Crippen LogP contribution in [-0.4, -0.2) is 17.6 Å². The summed E-state index contributed by atoms with van der Waals surface area (Å²) in [7, 11) is 1.60. The number of benzene rings is 1. The van der Waals surface area contributed by atoms with Crippen molar-refractivity contribution in [1.29, 1.82) is 0 Å². The first-order valence-corrected chi connectivity index (χ1v) is 5.79. The van der Waals surface area contributed by atoms with E-state index in [4.69, 9.17) is 27.9 Å². The highest BCUT2D eigenvalue weighted by Gasteiger charge is 2.27. The number of ether oxygens (including phenoxy) is 1. The van der Waals surface area contributed by atoms with E-state index in [9.17, 15) is 5.11 Å². The van der Waals surface area contributed by atoms with Gasteiger partial charge in [0, 0.05) is 5.56 Å². The summed E-state index contributed by atoms with van der Waals surface area (Å²) in [5.41, 5.74) is 1.15. The number of rotatable bonds is 2. The van der Waals surface area contributed by atoms with Crippen LogP contribution in [0.15, 0.2) is 18.2 Å². The van der Waals surface area contributed by atoms with E-state index < -0.39 is 0 Å². The van der Waals surface area contributed by atoms with Crippen molar-refractivity contribution >= 4 is 23.2 Å². The van der Waals surface area contributed by atoms with Crippen LogP contribution in [0.3, 0.4) is 0 Å². The second kappa shape index (κ2) is 6.09. The van der Waals surface area contributed by atoms with Crippen LogP contribution in [0.2, 0.25) is 0 Å². The molecule has 1 aromatic carbocycles.